The van der Waals surface area contributed by atoms with Gasteiger partial charge in [-0.15, -0.1) is 11.6 Å². The Labute approximate surface area is 93.7 Å². The number of hydrogen-bond acceptors (Lipinski definition) is 4. The van der Waals surface area contributed by atoms with E-state index >= 15 is 0 Å². The number of phosphoric ester groups is 1. The predicted octanol–water partition coefficient (Wildman–Crippen LogP) is 3.50. The van der Waals surface area contributed by atoms with Gasteiger partial charge in [0.25, 0.3) is 0 Å². The summed E-state index contributed by atoms with van der Waals surface area (Å²) >= 11 is 10.8. The molecule has 0 aromatic heterocycles. The molecule has 14 heavy (non-hydrogen) atoms. The van der Waals surface area contributed by atoms with Gasteiger partial charge in [0.2, 0.25) is 0 Å². The smallest absolute Gasteiger partial charge is 0.406 e. The van der Waals surface area contributed by atoms with Gasteiger partial charge in [0, 0.05) is 5.54 Å². The molecule has 0 atom stereocenters. The summed E-state index contributed by atoms with van der Waals surface area (Å²) in [5.74, 6) is 0.159. The van der Waals surface area contributed by atoms with E-state index in [0.717, 1.165) is 5.54 Å². The number of alkyl halides is 1. The zero-order valence-electron chi connectivity index (χ0n) is 8.03. The fourth-order valence-electron chi connectivity index (χ4n) is 0.623. The van der Waals surface area contributed by atoms with Gasteiger partial charge in [0.05, 0.1) is 19.1 Å². The second-order valence-electron chi connectivity index (χ2n) is 2.08. The maximum atomic E-state index is 11.7. The lowest BCUT2D eigenvalue weighted by molar-refractivity contribution is 0.146. The molecule has 0 saturated carbocycles. The Morgan fingerprint density at radius 3 is 2.14 bits per heavy atom. The zero-order valence-corrected chi connectivity index (χ0v) is 10.4. The van der Waals surface area contributed by atoms with Crippen LogP contribution in [0.4, 0.5) is 0 Å². The molecule has 0 aliphatic heterocycles. The number of phosphoric acid groups is 1. The minimum Gasteiger partial charge on any atom is -0.406 e. The SMILES string of the molecule is CCOP(=O)(OCC)O/C(=C/Cl)CCl. The van der Waals surface area contributed by atoms with Gasteiger partial charge in [-0.1, -0.05) is 11.6 Å². The fourth-order valence-corrected chi connectivity index (χ4v) is 2.31. The van der Waals surface area contributed by atoms with Crippen molar-refractivity contribution >= 4 is 31.0 Å². The van der Waals surface area contributed by atoms with Gasteiger partial charge in [0.15, 0.2) is 0 Å². The number of rotatable bonds is 7. The van der Waals surface area contributed by atoms with Gasteiger partial charge in [0.1, 0.15) is 5.76 Å². The Bertz CT molecular complexity index is 222. The second kappa shape index (κ2) is 7.55. The Hall–Kier alpha value is 0.270. The highest BCUT2D eigenvalue weighted by molar-refractivity contribution is 7.48. The lowest BCUT2D eigenvalue weighted by atomic mass is 10.7. The molecule has 0 rings (SSSR count). The van der Waals surface area contributed by atoms with Crippen LogP contribution in [0.25, 0.3) is 0 Å². The molecule has 0 unspecified atom stereocenters. The lowest BCUT2D eigenvalue weighted by Crippen LogP contribution is -2.00. The average Bonchev–Trinajstić information content (AvgIpc) is 2.15. The molecule has 0 N–H and O–H groups in total. The van der Waals surface area contributed by atoms with Crippen molar-refractivity contribution in [1.29, 1.82) is 0 Å². The minimum atomic E-state index is -3.55. The first kappa shape index (κ1) is 14.3. The van der Waals surface area contributed by atoms with Crippen molar-refractivity contribution in [3.63, 3.8) is 0 Å². The standard InChI is InChI=1S/C7H13Cl2O4P/c1-3-11-14(10,12-4-2)13-7(5-8)6-9/h5H,3-4,6H2,1-2H3/b7-5+. The molecule has 7 heteroatoms. The molecular weight excluding hydrogens is 250 g/mol. The van der Waals surface area contributed by atoms with Crippen molar-refractivity contribution in [3.05, 3.63) is 11.3 Å². The fraction of sp³-hybridized carbons (Fsp3) is 0.714. The molecule has 0 saturated heterocycles. The second-order valence-corrected chi connectivity index (χ2v) is 4.16. The van der Waals surface area contributed by atoms with E-state index in [1.54, 1.807) is 13.8 Å². The highest BCUT2D eigenvalue weighted by Gasteiger charge is 2.27. The van der Waals surface area contributed by atoms with Crippen LogP contribution >= 0.6 is 31.0 Å². The number of hydrogen-bond donors (Lipinski definition) is 0. The lowest BCUT2D eigenvalue weighted by Gasteiger charge is -2.17. The summed E-state index contributed by atoms with van der Waals surface area (Å²) in [6.45, 7) is 3.80. The van der Waals surface area contributed by atoms with E-state index in [-0.39, 0.29) is 24.9 Å². The molecule has 0 aromatic rings. The van der Waals surface area contributed by atoms with Crippen molar-refractivity contribution < 1.29 is 18.1 Å². The van der Waals surface area contributed by atoms with E-state index in [2.05, 4.69) is 0 Å². The van der Waals surface area contributed by atoms with E-state index in [9.17, 15) is 4.57 Å². The molecule has 0 heterocycles. The monoisotopic (exact) mass is 262 g/mol. The Morgan fingerprint density at radius 2 is 1.86 bits per heavy atom. The van der Waals surface area contributed by atoms with Crippen LogP contribution in [-0.2, 0) is 18.1 Å². The van der Waals surface area contributed by atoms with Crippen LogP contribution in [0.3, 0.4) is 0 Å². The first-order valence-electron chi connectivity index (χ1n) is 4.05. The van der Waals surface area contributed by atoms with Gasteiger partial charge in [-0.2, -0.15) is 0 Å². The van der Waals surface area contributed by atoms with E-state index in [1.807, 2.05) is 0 Å². The van der Waals surface area contributed by atoms with E-state index in [0.29, 0.717) is 0 Å². The van der Waals surface area contributed by atoms with Crippen molar-refractivity contribution in [2.45, 2.75) is 13.8 Å². The summed E-state index contributed by atoms with van der Waals surface area (Å²) in [6, 6.07) is 0. The van der Waals surface area contributed by atoms with Crippen molar-refractivity contribution in [2.24, 2.45) is 0 Å². The maximum absolute atomic E-state index is 11.7. The van der Waals surface area contributed by atoms with Crippen LogP contribution in [-0.4, -0.2) is 19.1 Å². The predicted molar refractivity (Wildman–Crippen MR) is 56.6 cm³/mol. The van der Waals surface area contributed by atoms with Gasteiger partial charge in [-0.3, -0.25) is 9.05 Å². The van der Waals surface area contributed by atoms with Gasteiger partial charge in [-0.05, 0) is 13.8 Å². The first-order valence-corrected chi connectivity index (χ1v) is 6.49. The molecule has 0 amide bonds. The highest BCUT2D eigenvalue weighted by atomic mass is 35.5. The van der Waals surface area contributed by atoms with Crippen LogP contribution in [0.5, 0.6) is 0 Å². The third-order valence-electron chi connectivity index (χ3n) is 1.06. The van der Waals surface area contributed by atoms with Crippen LogP contribution in [0.1, 0.15) is 13.8 Å². The molecule has 0 bridgehead atoms. The van der Waals surface area contributed by atoms with Crippen molar-refractivity contribution in [2.75, 3.05) is 19.1 Å². The van der Waals surface area contributed by atoms with Gasteiger partial charge >= 0.3 is 7.82 Å². The third-order valence-corrected chi connectivity index (χ3v) is 3.17. The molecule has 0 radical (unpaired) electrons. The van der Waals surface area contributed by atoms with Crippen LogP contribution < -0.4 is 0 Å². The molecule has 84 valence electrons. The molecule has 0 aromatic carbocycles. The van der Waals surface area contributed by atoms with E-state index < -0.39 is 7.82 Å². The van der Waals surface area contributed by atoms with E-state index in [4.69, 9.17) is 36.8 Å². The van der Waals surface area contributed by atoms with Crippen LogP contribution in [0.2, 0.25) is 0 Å². The minimum absolute atomic E-state index is 0.00758. The molecule has 0 aliphatic rings. The number of allylic oxidation sites excluding steroid dienone is 1. The molecule has 0 fully saturated rings. The Morgan fingerprint density at radius 1 is 1.36 bits per heavy atom. The molecular formula is C7H13Cl2O4P. The summed E-state index contributed by atoms with van der Waals surface area (Å²) in [5, 5.41) is 0. The maximum Gasteiger partial charge on any atom is 0.529 e. The molecule has 4 nitrogen and oxygen atoms in total. The summed E-state index contributed by atoms with van der Waals surface area (Å²) in [7, 11) is -3.55. The average molecular weight is 263 g/mol. The topological polar surface area (TPSA) is 44.8 Å². The summed E-state index contributed by atoms with van der Waals surface area (Å²) < 4.78 is 26.4. The zero-order chi connectivity index (χ0) is 11.0. The largest absolute Gasteiger partial charge is 0.529 e. The Kier molecular flexibility index (Phi) is 7.69. The Balaban J connectivity index is 4.42. The summed E-state index contributed by atoms with van der Waals surface area (Å²) in [4.78, 5) is 0. The summed E-state index contributed by atoms with van der Waals surface area (Å²) in [6.07, 6.45) is 0. The molecule has 0 aliphatic carbocycles. The quantitative estimate of drug-likeness (QED) is 0.400. The van der Waals surface area contributed by atoms with Gasteiger partial charge < -0.3 is 4.52 Å². The van der Waals surface area contributed by atoms with Crippen molar-refractivity contribution in [3.8, 4) is 0 Å². The number of halogens is 2. The highest BCUT2D eigenvalue weighted by Crippen LogP contribution is 2.51. The van der Waals surface area contributed by atoms with Crippen LogP contribution in [0, 0.1) is 0 Å². The first-order chi connectivity index (χ1) is 6.61. The van der Waals surface area contributed by atoms with Crippen molar-refractivity contribution in [1.82, 2.24) is 0 Å². The van der Waals surface area contributed by atoms with E-state index in [1.165, 1.54) is 0 Å². The third kappa shape index (κ3) is 5.23. The van der Waals surface area contributed by atoms with Crippen LogP contribution in [0.15, 0.2) is 11.3 Å². The normalized spacial score (nSPS) is 13.0. The van der Waals surface area contributed by atoms with Gasteiger partial charge in [-0.25, -0.2) is 4.57 Å². The molecule has 0 spiro atoms. The summed E-state index contributed by atoms with van der Waals surface area (Å²) in [5.41, 5.74) is 1.09.